The molecule has 0 amide bonds. The Labute approximate surface area is 177 Å². The molecular formula is C26H25NO3. The Hall–Kier alpha value is -3.37. The van der Waals surface area contributed by atoms with Crippen molar-refractivity contribution in [1.29, 1.82) is 0 Å². The molecule has 30 heavy (non-hydrogen) atoms. The maximum absolute atomic E-state index is 13.5. The second kappa shape index (κ2) is 8.56. The van der Waals surface area contributed by atoms with Crippen LogP contribution in [0.2, 0.25) is 0 Å². The number of nitrogens with zero attached hydrogens (tertiary/aromatic N) is 1. The third-order valence-electron chi connectivity index (χ3n) is 5.57. The Morgan fingerprint density at radius 3 is 2.27 bits per heavy atom. The topological polar surface area (TPSA) is 49.8 Å². The molecule has 0 bridgehead atoms. The summed E-state index contributed by atoms with van der Waals surface area (Å²) in [7, 11) is 1.60. The molecule has 152 valence electrons. The fourth-order valence-corrected chi connectivity index (χ4v) is 3.87. The number of Topliss-reactive ketones (excluding diaryl/α,β-unsaturated/α-hetero) is 1. The maximum atomic E-state index is 13.5. The molecule has 1 aliphatic heterocycles. The number of carbonyl (C=O) groups is 1. The van der Waals surface area contributed by atoms with E-state index in [1.807, 2.05) is 67.7 Å². The van der Waals surface area contributed by atoms with Crippen LogP contribution in [0, 0.1) is 6.92 Å². The van der Waals surface area contributed by atoms with Crippen molar-refractivity contribution in [2.24, 2.45) is 0 Å². The van der Waals surface area contributed by atoms with Gasteiger partial charge < -0.3 is 14.7 Å². The highest BCUT2D eigenvalue weighted by atomic mass is 16.5. The van der Waals surface area contributed by atoms with Crippen LogP contribution in [0.1, 0.15) is 33.8 Å². The Morgan fingerprint density at radius 2 is 1.63 bits per heavy atom. The average Bonchev–Trinajstić information content (AvgIpc) is 2.80. The van der Waals surface area contributed by atoms with E-state index in [4.69, 9.17) is 4.74 Å². The van der Waals surface area contributed by atoms with E-state index >= 15 is 0 Å². The lowest BCUT2D eigenvalue weighted by molar-refractivity contribution is 0.101. The predicted octanol–water partition coefficient (Wildman–Crippen LogP) is 5.08. The minimum atomic E-state index is -0.717. The molecule has 0 saturated carbocycles. The lowest BCUT2D eigenvalue weighted by atomic mass is 9.82. The first kappa shape index (κ1) is 19.9. The van der Waals surface area contributed by atoms with Crippen LogP contribution in [0.5, 0.6) is 5.75 Å². The van der Waals surface area contributed by atoms with Crippen molar-refractivity contribution < 1.29 is 14.6 Å². The first-order valence-corrected chi connectivity index (χ1v) is 10.1. The van der Waals surface area contributed by atoms with Crippen molar-refractivity contribution in [3.05, 3.63) is 107 Å². The SMILES string of the molecule is COc1ccc(C(=O)C2=CN(c3ccc(C)cc3)[C@H](O)C[C@H]2c2ccccc2)cc1. The summed E-state index contributed by atoms with van der Waals surface area (Å²) < 4.78 is 5.22. The highest BCUT2D eigenvalue weighted by Gasteiger charge is 2.33. The van der Waals surface area contributed by atoms with Crippen molar-refractivity contribution in [2.45, 2.75) is 25.5 Å². The van der Waals surface area contributed by atoms with Gasteiger partial charge in [-0.3, -0.25) is 4.79 Å². The molecule has 0 aromatic heterocycles. The van der Waals surface area contributed by atoms with Crippen molar-refractivity contribution in [3.8, 4) is 5.75 Å². The summed E-state index contributed by atoms with van der Waals surface area (Å²) in [6.45, 7) is 2.02. The molecule has 3 aromatic rings. The molecule has 3 aromatic carbocycles. The fourth-order valence-electron chi connectivity index (χ4n) is 3.87. The van der Waals surface area contributed by atoms with Gasteiger partial charge in [-0.15, -0.1) is 0 Å². The zero-order valence-electron chi connectivity index (χ0n) is 17.2. The van der Waals surface area contributed by atoms with Gasteiger partial charge >= 0.3 is 0 Å². The predicted molar refractivity (Wildman–Crippen MR) is 119 cm³/mol. The van der Waals surface area contributed by atoms with E-state index in [0.717, 1.165) is 16.8 Å². The number of aryl methyl sites for hydroxylation is 1. The molecule has 0 aliphatic carbocycles. The number of carbonyl (C=O) groups excluding carboxylic acids is 1. The highest BCUT2D eigenvalue weighted by molar-refractivity contribution is 6.10. The van der Waals surface area contributed by atoms with E-state index in [1.165, 1.54) is 0 Å². The molecule has 0 unspecified atom stereocenters. The first-order valence-electron chi connectivity index (χ1n) is 10.1. The second-order valence-electron chi connectivity index (χ2n) is 7.56. The van der Waals surface area contributed by atoms with E-state index < -0.39 is 6.23 Å². The van der Waals surface area contributed by atoms with Gasteiger partial charge in [0, 0.05) is 35.4 Å². The van der Waals surface area contributed by atoms with Gasteiger partial charge in [0.05, 0.1) is 7.11 Å². The minimum Gasteiger partial charge on any atom is -0.497 e. The van der Waals surface area contributed by atoms with Crippen molar-refractivity contribution in [1.82, 2.24) is 0 Å². The Kier molecular flexibility index (Phi) is 5.68. The summed E-state index contributed by atoms with van der Waals surface area (Å²) in [5.74, 6) is 0.480. The van der Waals surface area contributed by atoms with Crippen LogP contribution in [0.25, 0.3) is 0 Å². The van der Waals surface area contributed by atoms with Gasteiger partial charge in [0.2, 0.25) is 0 Å². The van der Waals surface area contributed by atoms with E-state index in [9.17, 15) is 9.90 Å². The molecule has 0 radical (unpaired) electrons. The summed E-state index contributed by atoms with van der Waals surface area (Å²) >= 11 is 0. The number of ketones is 1. The fraction of sp³-hybridized carbons (Fsp3) is 0.192. The van der Waals surface area contributed by atoms with Crippen LogP contribution in [0.4, 0.5) is 5.69 Å². The van der Waals surface area contributed by atoms with E-state index in [-0.39, 0.29) is 11.7 Å². The normalized spacial score (nSPS) is 18.6. The molecule has 0 saturated heterocycles. The molecule has 1 N–H and O–H groups in total. The maximum Gasteiger partial charge on any atom is 0.191 e. The first-order chi connectivity index (χ1) is 14.6. The molecule has 4 nitrogen and oxygen atoms in total. The van der Waals surface area contributed by atoms with E-state index in [1.54, 1.807) is 36.3 Å². The van der Waals surface area contributed by atoms with Crippen LogP contribution >= 0.6 is 0 Å². The number of hydrogen-bond donors (Lipinski definition) is 1. The summed E-state index contributed by atoms with van der Waals surface area (Å²) in [6.07, 6.45) is 1.53. The van der Waals surface area contributed by atoms with Crippen LogP contribution in [0.15, 0.2) is 90.6 Å². The Bertz CT molecular complexity index is 1040. The Morgan fingerprint density at radius 1 is 0.967 bits per heavy atom. The molecule has 4 heteroatoms. The van der Waals surface area contributed by atoms with Gasteiger partial charge in [-0.05, 0) is 48.9 Å². The van der Waals surface area contributed by atoms with Crippen LogP contribution in [-0.2, 0) is 0 Å². The van der Waals surface area contributed by atoms with Gasteiger partial charge in [-0.2, -0.15) is 0 Å². The summed E-state index contributed by atoms with van der Waals surface area (Å²) in [6, 6.07) is 25.0. The van der Waals surface area contributed by atoms with E-state index in [0.29, 0.717) is 23.3 Å². The zero-order valence-corrected chi connectivity index (χ0v) is 17.2. The van der Waals surface area contributed by atoms with Crippen LogP contribution < -0.4 is 9.64 Å². The van der Waals surface area contributed by atoms with Gasteiger partial charge in [0.1, 0.15) is 12.0 Å². The van der Waals surface area contributed by atoms with Crippen molar-refractivity contribution in [2.75, 3.05) is 12.0 Å². The standard InChI is InChI=1S/C26H25NO3/c1-18-8-12-21(13-9-18)27-17-24(26(29)20-10-14-22(30-2)15-11-20)23(16-25(27)28)19-6-4-3-5-7-19/h3-15,17,23,25,28H,16H2,1-2H3/t23-,25+/m0/s1. The van der Waals surface area contributed by atoms with Gasteiger partial charge in [0.25, 0.3) is 0 Å². The monoisotopic (exact) mass is 399 g/mol. The summed E-state index contributed by atoms with van der Waals surface area (Å²) in [5, 5.41) is 10.9. The van der Waals surface area contributed by atoms with E-state index in [2.05, 4.69) is 0 Å². The molecule has 2 atom stereocenters. The summed E-state index contributed by atoms with van der Waals surface area (Å²) in [5.41, 5.74) is 4.29. The van der Waals surface area contributed by atoms with Crippen molar-refractivity contribution >= 4 is 11.5 Å². The number of rotatable bonds is 5. The number of aliphatic hydroxyl groups is 1. The molecule has 1 aliphatic rings. The molecule has 0 spiro atoms. The lowest BCUT2D eigenvalue weighted by Gasteiger charge is -2.36. The van der Waals surface area contributed by atoms with Crippen molar-refractivity contribution in [3.63, 3.8) is 0 Å². The third-order valence-corrected chi connectivity index (χ3v) is 5.57. The number of anilines is 1. The average molecular weight is 399 g/mol. The molecular weight excluding hydrogens is 374 g/mol. The minimum absolute atomic E-state index is 0.0458. The van der Waals surface area contributed by atoms with Gasteiger partial charge in [-0.1, -0.05) is 48.0 Å². The van der Waals surface area contributed by atoms with Gasteiger partial charge in [-0.25, -0.2) is 0 Å². The zero-order chi connectivity index (χ0) is 21.1. The number of allylic oxidation sites excluding steroid dienone is 1. The molecule has 4 rings (SSSR count). The molecule has 0 fully saturated rings. The Balaban J connectivity index is 1.77. The summed E-state index contributed by atoms with van der Waals surface area (Å²) in [4.78, 5) is 15.3. The second-order valence-corrected chi connectivity index (χ2v) is 7.56. The number of ether oxygens (including phenoxy) is 1. The van der Waals surface area contributed by atoms with Crippen LogP contribution in [-0.4, -0.2) is 24.2 Å². The number of methoxy groups -OCH3 is 1. The van der Waals surface area contributed by atoms with Crippen LogP contribution in [0.3, 0.4) is 0 Å². The number of hydrogen-bond acceptors (Lipinski definition) is 4. The number of aliphatic hydroxyl groups excluding tert-OH is 1. The molecule has 1 heterocycles. The lowest BCUT2D eigenvalue weighted by Crippen LogP contribution is -2.38. The quantitative estimate of drug-likeness (QED) is 0.608. The largest absolute Gasteiger partial charge is 0.497 e. The van der Waals surface area contributed by atoms with Gasteiger partial charge in [0.15, 0.2) is 5.78 Å². The third kappa shape index (κ3) is 4.00. The number of benzene rings is 3. The smallest absolute Gasteiger partial charge is 0.191 e. The highest BCUT2D eigenvalue weighted by Crippen LogP contribution is 2.38.